The monoisotopic (exact) mass is 518 g/mol. The average Bonchev–Trinajstić information content (AvgIpc) is 2.82. The molecule has 1 amide bonds. The van der Waals surface area contributed by atoms with Crippen molar-refractivity contribution in [3.8, 4) is 0 Å². The van der Waals surface area contributed by atoms with Crippen LogP contribution in [0.15, 0.2) is 18.2 Å². The summed E-state index contributed by atoms with van der Waals surface area (Å²) < 4.78 is 5.58. The fourth-order valence-corrected chi connectivity index (χ4v) is 4.69. The molecule has 8 nitrogen and oxygen atoms in total. The third-order valence-corrected chi connectivity index (χ3v) is 6.69. The number of nitrogens with one attached hydrogen (secondary N) is 1. The van der Waals surface area contributed by atoms with E-state index in [2.05, 4.69) is 16.5 Å². The van der Waals surface area contributed by atoms with E-state index in [1.165, 1.54) is 0 Å². The van der Waals surface area contributed by atoms with Crippen LogP contribution >= 0.6 is 23.2 Å². The fraction of sp³-hybridized carbons (Fsp3) is 0.520. The van der Waals surface area contributed by atoms with Crippen LogP contribution in [0.3, 0.4) is 0 Å². The quantitative estimate of drug-likeness (QED) is 0.594. The number of fused-ring (bicyclic) bond motifs is 1. The third-order valence-electron chi connectivity index (χ3n) is 6.11. The summed E-state index contributed by atoms with van der Waals surface area (Å²) in [6.07, 6.45) is 3.83. The summed E-state index contributed by atoms with van der Waals surface area (Å²) in [7, 11) is 0. The van der Waals surface area contributed by atoms with Crippen LogP contribution in [0.4, 0.5) is 16.6 Å². The molecule has 2 aromatic rings. The lowest BCUT2D eigenvalue weighted by Crippen LogP contribution is -2.41. The average molecular weight is 519 g/mol. The Kier molecular flexibility index (Phi) is 7.71. The smallest absolute Gasteiger partial charge is 0.410 e. The van der Waals surface area contributed by atoms with Crippen molar-refractivity contribution in [3.05, 3.63) is 45.1 Å². The molecule has 1 aromatic heterocycles. The summed E-state index contributed by atoms with van der Waals surface area (Å²) in [5.74, 6) is 1.26. The zero-order valence-corrected chi connectivity index (χ0v) is 21.7. The van der Waals surface area contributed by atoms with Crippen LogP contribution in [0.25, 0.3) is 0 Å². The molecule has 0 unspecified atom stereocenters. The Labute approximate surface area is 216 Å². The lowest BCUT2D eigenvalue weighted by Gasteiger charge is -2.33. The number of aromatic nitrogens is 2. The summed E-state index contributed by atoms with van der Waals surface area (Å²) >= 11 is 12.4. The molecule has 2 aliphatic heterocycles. The number of hydrogen-bond acceptors (Lipinski definition) is 7. The number of nitrogens with zero attached hydrogens (tertiary/aromatic N) is 4. The summed E-state index contributed by atoms with van der Waals surface area (Å²) in [6.45, 7) is 8.27. The lowest BCUT2D eigenvalue weighted by molar-refractivity contribution is 0.0223. The number of ether oxygens (including phenoxy) is 1. The number of benzene rings is 1. The topological polar surface area (TPSA) is 87.7 Å². The van der Waals surface area contributed by atoms with Crippen molar-refractivity contribution in [2.24, 2.45) is 5.92 Å². The van der Waals surface area contributed by atoms with Crippen LogP contribution in [-0.4, -0.2) is 52.5 Å². The molecular weight excluding hydrogens is 489 g/mol. The number of piperidine rings is 1. The molecule has 1 fully saturated rings. The highest BCUT2D eigenvalue weighted by atomic mass is 35.5. The number of amides is 1. The second-order valence-corrected chi connectivity index (χ2v) is 10.8. The Balaban J connectivity index is 1.61. The molecule has 1 N–H and O–H groups in total. The Hall–Kier alpha value is -2.58. The number of hydrogen-bond donors (Lipinski definition) is 1. The van der Waals surface area contributed by atoms with Crippen molar-refractivity contribution >= 4 is 47.3 Å². The molecule has 0 aliphatic carbocycles. The van der Waals surface area contributed by atoms with Crippen LogP contribution in [-0.2, 0) is 29.0 Å². The van der Waals surface area contributed by atoms with Crippen molar-refractivity contribution in [1.82, 2.24) is 14.9 Å². The van der Waals surface area contributed by atoms with Crippen molar-refractivity contribution in [2.75, 3.05) is 29.9 Å². The van der Waals surface area contributed by atoms with Crippen molar-refractivity contribution < 1.29 is 14.3 Å². The van der Waals surface area contributed by atoms with Crippen LogP contribution < -0.4 is 10.2 Å². The standard InChI is InChI=1S/C25H30Cl2N5O3/c1-25(2,3)35-24(34)32-11-8-21-19(14-32)22(28-13-17-4-5-18(26)12-20(17)27)30-23(29-21)31-9-6-16(15-33)7-10-31/h4-5,12,16H,6-11,13-14H2,1-3H3,(H,28,29,30). The number of halogens is 2. The minimum Gasteiger partial charge on any atom is -0.444 e. The molecule has 0 bridgehead atoms. The van der Waals surface area contributed by atoms with Gasteiger partial charge in [-0.2, -0.15) is 4.98 Å². The van der Waals surface area contributed by atoms with Gasteiger partial charge in [-0.15, -0.1) is 0 Å². The van der Waals surface area contributed by atoms with Crippen LogP contribution in [0.1, 0.15) is 50.4 Å². The third kappa shape index (κ3) is 6.35. The molecule has 35 heavy (non-hydrogen) atoms. The Morgan fingerprint density at radius 2 is 1.94 bits per heavy atom. The van der Waals surface area contributed by atoms with E-state index >= 15 is 0 Å². The van der Waals surface area contributed by atoms with Crippen molar-refractivity contribution in [1.29, 1.82) is 0 Å². The van der Waals surface area contributed by atoms with E-state index in [0.29, 0.717) is 61.0 Å². The molecule has 10 heteroatoms. The number of rotatable bonds is 5. The maximum Gasteiger partial charge on any atom is 0.410 e. The molecule has 1 radical (unpaired) electrons. The van der Waals surface area contributed by atoms with E-state index in [1.807, 2.05) is 26.8 Å². The van der Waals surface area contributed by atoms with Gasteiger partial charge in [0.2, 0.25) is 12.2 Å². The molecule has 1 aromatic carbocycles. The van der Waals surface area contributed by atoms with E-state index in [1.54, 1.807) is 17.0 Å². The first kappa shape index (κ1) is 25.5. The van der Waals surface area contributed by atoms with E-state index in [9.17, 15) is 9.59 Å². The molecular formula is C25H30Cl2N5O3. The zero-order chi connectivity index (χ0) is 25.2. The lowest BCUT2D eigenvalue weighted by atomic mass is 9.99. The van der Waals surface area contributed by atoms with Crippen molar-refractivity contribution in [3.63, 3.8) is 0 Å². The molecule has 0 spiro atoms. The van der Waals surface area contributed by atoms with E-state index in [-0.39, 0.29) is 12.0 Å². The largest absolute Gasteiger partial charge is 0.444 e. The molecule has 1 saturated heterocycles. The Morgan fingerprint density at radius 3 is 2.60 bits per heavy atom. The second kappa shape index (κ2) is 10.6. The summed E-state index contributed by atoms with van der Waals surface area (Å²) in [5.41, 5.74) is 2.08. The van der Waals surface area contributed by atoms with Gasteiger partial charge in [0.05, 0.1) is 12.2 Å². The fourth-order valence-electron chi connectivity index (χ4n) is 4.21. The van der Waals surface area contributed by atoms with Gasteiger partial charge in [0.1, 0.15) is 11.4 Å². The molecule has 0 saturated carbocycles. The molecule has 2 aliphatic rings. The minimum absolute atomic E-state index is 0.0316. The van der Waals surface area contributed by atoms with E-state index in [0.717, 1.165) is 29.7 Å². The first-order valence-electron chi connectivity index (χ1n) is 11.8. The number of carbonyl (C=O) groups excluding carboxylic acids is 2. The predicted molar refractivity (Wildman–Crippen MR) is 137 cm³/mol. The second-order valence-electron chi connectivity index (χ2n) is 9.92. The first-order valence-corrected chi connectivity index (χ1v) is 12.6. The van der Waals surface area contributed by atoms with Crippen molar-refractivity contribution in [2.45, 2.75) is 58.7 Å². The zero-order valence-electron chi connectivity index (χ0n) is 20.2. The van der Waals surface area contributed by atoms with Crippen LogP contribution in [0, 0.1) is 5.92 Å². The minimum atomic E-state index is -0.574. The highest BCUT2D eigenvalue weighted by Gasteiger charge is 2.30. The molecule has 187 valence electrons. The van der Waals surface area contributed by atoms with Gasteiger partial charge in [-0.25, -0.2) is 9.78 Å². The van der Waals surface area contributed by atoms with Gasteiger partial charge in [-0.3, -0.25) is 4.79 Å². The van der Waals surface area contributed by atoms with Gasteiger partial charge in [-0.05, 0) is 51.3 Å². The highest BCUT2D eigenvalue weighted by Crippen LogP contribution is 2.30. The molecule has 4 rings (SSSR count). The van der Waals surface area contributed by atoms with Crippen LogP contribution in [0.2, 0.25) is 10.0 Å². The van der Waals surface area contributed by atoms with E-state index < -0.39 is 5.60 Å². The maximum absolute atomic E-state index is 12.7. The number of anilines is 2. The van der Waals surface area contributed by atoms with Gasteiger partial charge < -0.3 is 19.9 Å². The highest BCUT2D eigenvalue weighted by molar-refractivity contribution is 6.35. The SMILES string of the molecule is CC(C)(C)OC(=O)N1CCc2nc(N3CCC([C]=O)CC3)nc(NCc3ccc(Cl)cc3Cl)c2C1. The Bertz CT molecular complexity index is 1100. The van der Waals surface area contributed by atoms with Crippen LogP contribution in [0.5, 0.6) is 0 Å². The summed E-state index contributed by atoms with van der Waals surface area (Å²) in [4.78, 5) is 37.3. The van der Waals surface area contributed by atoms with Gasteiger partial charge in [-0.1, -0.05) is 29.3 Å². The normalized spacial score (nSPS) is 16.6. The predicted octanol–water partition coefficient (Wildman–Crippen LogP) is 5.01. The van der Waals surface area contributed by atoms with Gasteiger partial charge >= 0.3 is 6.09 Å². The van der Waals surface area contributed by atoms with E-state index in [4.69, 9.17) is 37.9 Å². The van der Waals surface area contributed by atoms with Gasteiger partial charge in [0.15, 0.2) is 0 Å². The van der Waals surface area contributed by atoms with Gasteiger partial charge in [0.25, 0.3) is 0 Å². The summed E-state index contributed by atoms with van der Waals surface area (Å²) in [5, 5.41) is 4.55. The number of carbonyl (C=O) groups is 1. The maximum atomic E-state index is 12.7. The summed E-state index contributed by atoms with van der Waals surface area (Å²) in [6, 6.07) is 5.38. The first-order chi connectivity index (χ1) is 16.6. The van der Waals surface area contributed by atoms with Gasteiger partial charge in [0, 0.05) is 54.1 Å². The molecule has 0 atom stereocenters. The molecule has 3 heterocycles. The Morgan fingerprint density at radius 1 is 1.20 bits per heavy atom.